The lowest BCUT2D eigenvalue weighted by Crippen LogP contribution is -2.04. The van der Waals surface area contributed by atoms with E-state index in [1.807, 2.05) is 30.3 Å². The molecule has 3 heteroatoms. The second kappa shape index (κ2) is 4.62. The molecule has 0 saturated carbocycles. The summed E-state index contributed by atoms with van der Waals surface area (Å²) in [7, 11) is 0. The summed E-state index contributed by atoms with van der Waals surface area (Å²) in [6.45, 7) is 0.791. The van der Waals surface area contributed by atoms with Crippen molar-refractivity contribution in [1.29, 1.82) is 0 Å². The lowest BCUT2D eigenvalue weighted by molar-refractivity contribution is 0.108. The van der Waals surface area contributed by atoms with Gasteiger partial charge in [0.25, 0.3) is 0 Å². The minimum absolute atomic E-state index is 0.0720. The van der Waals surface area contributed by atoms with E-state index in [2.05, 4.69) is 0 Å². The van der Waals surface area contributed by atoms with Crippen molar-refractivity contribution < 1.29 is 9.53 Å². The lowest BCUT2D eigenvalue weighted by Gasteiger charge is -2.06. The van der Waals surface area contributed by atoms with Crippen molar-refractivity contribution in [2.24, 2.45) is 0 Å². The largest absolute Gasteiger partial charge is 0.367 e. The molecule has 1 heterocycles. The van der Waals surface area contributed by atoms with Gasteiger partial charge in [-0.25, -0.2) is 0 Å². The van der Waals surface area contributed by atoms with Crippen LogP contribution in [0, 0.1) is 0 Å². The Morgan fingerprint density at radius 3 is 2.79 bits per heavy atom. The highest BCUT2D eigenvalue weighted by Gasteiger charge is 2.20. The van der Waals surface area contributed by atoms with E-state index in [1.54, 1.807) is 0 Å². The van der Waals surface area contributed by atoms with Crippen LogP contribution in [0.25, 0.3) is 0 Å². The van der Waals surface area contributed by atoms with Crippen LogP contribution in [-0.2, 0) is 4.74 Å². The zero-order valence-electron chi connectivity index (χ0n) is 7.81. The van der Waals surface area contributed by atoms with E-state index in [0.29, 0.717) is 0 Å². The number of thioether (sulfide) groups is 1. The predicted molar refractivity (Wildman–Crippen MR) is 57.3 cm³/mol. The second-order valence-corrected chi connectivity index (χ2v) is 4.35. The molecule has 1 atom stereocenters. The molecule has 0 amide bonds. The first-order valence-corrected chi connectivity index (χ1v) is 5.62. The van der Waals surface area contributed by atoms with E-state index in [0.717, 1.165) is 25.0 Å². The zero-order chi connectivity index (χ0) is 9.80. The van der Waals surface area contributed by atoms with Crippen molar-refractivity contribution in [3.05, 3.63) is 35.9 Å². The zero-order valence-corrected chi connectivity index (χ0v) is 8.63. The molecule has 0 bridgehead atoms. The van der Waals surface area contributed by atoms with Gasteiger partial charge >= 0.3 is 0 Å². The third-order valence-electron chi connectivity index (χ3n) is 2.14. The van der Waals surface area contributed by atoms with Gasteiger partial charge in [-0.05, 0) is 12.8 Å². The monoisotopic (exact) mass is 208 g/mol. The maximum atomic E-state index is 11.7. The Hall–Kier alpha value is -0.800. The van der Waals surface area contributed by atoms with Crippen molar-refractivity contribution in [2.45, 2.75) is 18.3 Å². The molecule has 2 nitrogen and oxygen atoms in total. The number of hydrogen-bond donors (Lipinski definition) is 0. The van der Waals surface area contributed by atoms with Crippen LogP contribution in [0.1, 0.15) is 23.2 Å². The highest BCUT2D eigenvalue weighted by atomic mass is 32.2. The molecule has 0 N–H and O–H groups in total. The number of rotatable bonds is 2. The Morgan fingerprint density at radius 1 is 1.36 bits per heavy atom. The van der Waals surface area contributed by atoms with E-state index in [9.17, 15) is 4.79 Å². The first-order chi connectivity index (χ1) is 6.86. The van der Waals surface area contributed by atoms with Gasteiger partial charge in [0, 0.05) is 12.2 Å². The van der Waals surface area contributed by atoms with Crippen molar-refractivity contribution in [2.75, 3.05) is 6.61 Å². The number of ether oxygens (including phenoxy) is 1. The minimum Gasteiger partial charge on any atom is -0.367 e. The molecule has 0 aliphatic carbocycles. The van der Waals surface area contributed by atoms with Crippen LogP contribution < -0.4 is 0 Å². The van der Waals surface area contributed by atoms with E-state index < -0.39 is 0 Å². The lowest BCUT2D eigenvalue weighted by atomic mass is 10.2. The van der Waals surface area contributed by atoms with Gasteiger partial charge in [-0.15, -0.1) is 0 Å². The van der Waals surface area contributed by atoms with Crippen LogP contribution in [0.3, 0.4) is 0 Å². The quantitative estimate of drug-likeness (QED) is 0.747. The van der Waals surface area contributed by atoms with Crippen LogP contribution in [-0.4, -0.2) is 17.2 Å². The first-order valence-electron chi connectivity index (χ1n) is 4.74. The van der Waals surface area contributed by atoms with Crippen molar-refractivity contribution in [3.8, 4) is 0 Å². The maximum Gasteiger partial charge on any atom is 0.221 e. The molecular weight excluding hydrogens is 196 g/mol. The molecule has 1 unspecified atom stereocenters. The number of hydrogen-bond acceptors (Lipinski definition) is 3. The van der Waals surface area contributed by atoms with Gasteiger partial charge in [0.1, 0.15) is 5.44 Å². The summed E-state index contributed by atoms with van der Waals surface area (Å²) in [6.07, 6.45) is 2.06. The molecule has 1 aliphatic rings. The third kappa shape index (κ3) is 2.36. The van der Waals surface area contributed by atoms with Gasteiger partial charge in [-0.1, -0.05) is 42.1 Å². The predicted octanol–water partition coefficient (Wildman–Crippen LogP) is 2.70. The summed E-state index contributed by atoms with van der Waals surface area (Å²) in [4.78, 5) is 11.7. The average molecular weight is 208 g/mol. The molecule has 1 aliphatic heterocycles. The summed E-state index contributed by atoms with van der Waals surface area (Å²) < 4.78 is 5.39. The molecule has 1 fully saturated rings. The smallest absolute Gasteiger partial charge is 0.221 e. The number of carbonyl (C=O) groups excluding carboxylic acids is 1. The maximum absolute atomic E-state index is 11.7. The molecule has 0 radical (unpaired) electrons. The Bertz CT molecular complexity index is 304. The first kappa shape index (κ1) is 9.74. The molecule has 0 spiro atoms. The second-order valence-electron chi connectivity index (χ2n) is 3.21. The summed E-state index contributed by atoms with van der Waals surface area (Å²) >= 11 is 1.30. The summed E-state index contributed by atoms with van der Waals surface area (Å²) in [5.74, 6) is 0. The van der Waals surface area contributed by atoms with Gasteiger partial charge < -0.3 is 4.74 Å². The third-order valence-corrected chi connectivity index (χ3v) is 3.22. The average Bonchev–Trinajstić information content (AvgIpc) is 2.72. The fourth-order valence-electron chi connectivity index (χ4n) is 1.40. The van der Waals surface area contributed by atoms with E-state index >= 15 is 0 Å². The van der Waals surface area contributed by atoms with Crippen LogP contribution in [0.5, 0.6) is 0 Å². The van der Waals surface area contributed by atoms with Crippen LogP contribution in [0.2, 0.25) is 0 Å². The van der Waals surface area contributed by atoms with Crippen molar-refractivity contribution in [3.63, 3.8) is 0 Å². The number of benzene rings is 1. The Morgan fingerprint density at radius 2 is 2.14 bits per heavy atom. The highest BCUT2D eigenvalue weighted by molar-refractivity contribution is 8.14. The van der Waals surface area contributed by atoms with Gasteiger partial charge in [-0.2, -0.15) is 0 Å². The van der Waals surface area contributed by atoms with Gasteiger partial charge in [-0.3, -0.25) is 4.79 Å². The van der Waals surface area contributed by atoms with E-state index in [1.165, 1.54) is 11.8 Å². The van der Waals surface area contributed by atoms with Gasteiger partial charge in [0.15, 0.2) is 0 Å². The van der Waals surface area contributed by atoms with Gasteiger partial charge in [0.05, 0.1) is 0 Å². The van der Waals surface area contributed by atoms with E-state index in [-0.39, 0.29) is 10.6 Å². The summed E-state index contributed by atoms with van der Waals surface area (Å²) in [5.41, 5.74) is 0.829. The molecule has 2 rings (SSSR count). The molecule has 74 valence electrons. The molecule has 0 aromatic heterocycles. The topological polar surface area (TPSA) is 26.3 Å². The Balaban J connectivity index is 1.95. The molecule has 1 saturated heterocycles. The van der Waals surface area contributed by atoms with Crippen LogP contribution in [0.15, 0.2) is 30.3 Å². The van der Waals surface area contributed by atoms with Crippen molar-refractivity contribution >= 4 is 16.9 Å². The Kier molecular flexibility index (Phi) is 3.22. The van der Waals surface area contributed by atoms with Crippen LogP contribution >= 0.6 is 11.8 Å². The molecule has 1 aromatic carbocycles. The number of carbonyl (C=O) groups is 1. The van der Waals surface area contributed by atoms with Crippen molar-refractivity contribution in [1.82, 2.24) is 0 Å². The minimum atomic E-state index is 0.0720. The standard InChI is InChI=1S/C11H12O2S/c12-11(9-5-2-1-3-6-9)14-10-7-4-8-13-10/h1-3,5-6,10H,4,7-8H2. The highest BCUT2D eigenvalue weighted by Crippen LogP contribution is 2.26. The fourth-order valence-corrected chi connectivity index (χ4v) is 2.36. The normalized spacial score (nSPS) is 21.0. The summed E-state index contributed by atoms with van der Waals surface area (Å²) in [5, 5.41) is 0.109. The van der Waals surface area contributed by atoms with Crippen LogP contribution in [0.4, 0.5) is 0 Å². The molecular formula is C11H12O2S. The SMILES string of the molecule is O=C(SC1CCCO1)c1ccccc1. The Labute approximate surface area is 87.6 Å². The fraction of sp³-hybridized carbons (Fsp3) is 0.364. The van der Waals surface area contributed by atoms with E-state index in [4.69, 9.17) is 4.74 Å². The van der Waals surface area contributed by atoms with Gasteiger partial charge in [0.2, 0.25) is 5.12 Å². The molecule has 1 aromatic rings. The summed E-state index contributed by atoms with van der Waals surface area (Å²) in [6, 6.07) is 9.34. The molecule has 14 heavy (non-hydrogen) atoms.